The highest BCUT2D eigenvalue weighted by molar-refractivity contribution is 7.99. The van der Waals surface area contributed by atoms with Gasteiger partial charge in [-0.2, -0.15) is 0 Å². The van der Waals surface area contributed by atoms with Crippen LogP contribution >= 0.6 is 11.8 Å². The van der Waals surface area contributed by atoms with Crippen LogP contribution in [0.5, 0.6) is 11.5 Å². The first kappa shape index (κ1) is 27.2. The van der Waals surface area contributed by atoms with Crippen LogP contribution in [0.2, 0.25) is 0 Å². The highest BCUT2D eigenvalue weighted by Gasteiger charge is 2.30. The Morgan fingerprint density at radius 2 is 1.70 bits per heavy atom. The average Bonchev–Trinajstić information content (AvgIpc) is 3.49. The van der Waals surface area contributed by atoms with E-state index in [1.54, 1.807) is 11.8 Å². The summed E-state index contributed by atoms with van der Waals surface area (Å²) >= 11 is 1.71. The summed E-state index contributed by atoms with van der Waals surface area (Å²) in [6.07, 6.45) is 3.00. The lowest BCUT2D eigenvalue weighted by atomic mass is 9.90. The number of carboxylic acid groups (broad SMARTS) is 1. The van der Waals surface area contributed by atoms with Gasteiger partial charge in [-0.15, -0.1) is 11.8 Å². The van der Waals surface area contributed by atoms with Crippen LogP contribution < -0.4 is 9.47 Å². The zero-order valence-corrected chi connectivity index (χ0v) is 24.4. The lowest BCUT2D eigenvalue weighted by molar-refractivity contribution is -0.137. The number of sulfone groups is 1. The third-order valence-electron chi connectivity index (χ3n) is 8.36. The molecule has 2 atom stereocenters. The fourth-order valence-corrected chi connectivity index (χ4v) is 9.17. The Balaban J connectivity index is 1.21. The van der Waals surface area contributed by atoms with E-state index in [-0.39, 0.29) is 36.1 Å². The largest absolute Gasteiger partial charge is 0.490 e. The first-order valence-electron chi connectivity index (χ1n) is 13.9. The molecule has 0 radical (unpaired) electrons. The molecule has 1 aliphatic carbocycles. The van der Waals surface area contributed by atoms with Crippen molar-refractivity contribution in [2.24, 2.45) is 0 Å². The second-order valence-corrected chi connectivity index (χ2v) is 14.6. The summed E-state index contributed by atoms with van der Waals surface area (Å²) in [6.45, 7) is 4.23. The second-order valence-electron chi connectivity index (χ2n) is 11.2. The molecule has 3 aromatic rings. The van der Waals surface area contributed by atoms with E-state index in [1.807, 2.05) is 12.1 Å². The van der Waals surface area contributed by atoms with E-state index < -0.39 is 15.8 Å². The number of carboxylic acids is 1. The van der Waals surface area contributed by atoms with Crippen molar-refractivity contribution < 1.29 is 27.8 Å². The molecule has 0 bridgehead atoms. The van der Waals surface area contributed by atoms with Gasteiger partial charge in [-0.1, -0.05) is 24.3 Å². The van der Waals surface area contributed by atoms with Crippen molar-refractivity contribution in [3.63, 3.8) is 0 Å². The number of thioether (sulfide) groups is 1. The Bertz CT molecular complexity index is 1540. The van der Waals surface area contributed by atoms with Crippen LogP contribution in [0.4, 0.5) is 0 Å². The van der Waals surface area contributed by atoms with Gasteiger partial charge in [0.25, 0.3) is 0 Å². The number of hydrogen-bond acceptors (Lipinski definition) is 6. The molecular weight excluding hydrogens is 544 g/mol. The smallest absolute Gasteiger partial charge is 0.303 e. The molecule has 2 heterocycles. The van der Waals surface area contributed by atoms with E-state index in [4.69, 9.17) is 9.47 Å². The van der Waals surface area contributed by atoms with Crippen molar-refractivity contribution in [3.8, 4) is 22.6 Å². The van der Waals surface area contributed by atoms with Crippen molar-refractivity contribution in [2.45, 2.75) is 69.0 Å². The van der Waals surface area contributed by atoms with Crippen molar-refractivity contribution in [3.05, 3.63) is 76.3 Å². The van der Waals surface area contributed by atoms with Crippen LogP contribution in [0, 0.1) is 13.8 Å². The number of hydrogen-bond donors (Lipinski definition) is 1. The number of benzene rings is 3. The maximum Gasteiger partial charge on any atom is 0.303 e. The summed E-state index contributed by atoms with van der Waals surface area (Å²) in [5, 5.41) is 9.21. The predicted molar refractivity (Wildman–Crippen MR) is 158 cm³/mol. The van der Waals surface area contributed by atoms with Gasteiger partial charge in [0.1, 0.15) is 23.7 Å². The zero-order valence-electron chi connectivity index (χ0n) is 22.8. The Kier molecular flexibility index (Phi) is 7.34. The molecular formula is C32H34O6S2. The van der Waals surface area contributed by atoms with Crippen LogP contribution in [0.1, 0.15) is 65.5 Å². The second kappa shape index (κ2) is 10.8. The molecule has 0 spiro atoms. The molecule has 6 rings (SSSR count). The lowest BCUT2D eigenvalue weighted by Crippen LogP contribution is -2.30. The molecule has 1 fully saturated rings. The van der Waals surface area contributed by atoms with E-state index in [0.717, 1.165) is 51.7 Å². The van der Waals surface area contributed by atoms with Crippen LogP contribution in [-0.2, 0) is 21.1 Å². The first-order valence-corrected chi connectivity index (χ1v) is 16.7. The Morgan fingerprint density at radius 1 is 0.950 bits per heavy atom. The topological polar surface area (TPSA) is 89.9 Å². The quantitative estimate of drug-likeness (QED) is 0.335. The van der Waals surface area contributed by atoms with Crippen molar-refractivity contribution in [2.75, 3.05) is 17.3 Å². The summed E-state index contributed by atoms with van der Waals surface area (Å²) in [5.41, 5.74) is 8.38. The Morgan fingerprint density at radius 3 is 2.42 bits per heavy atom. The number of carbonyl (C=O) groups is 1. The molecule has 0 amide bonds. The summed E-state index contributed by atoms with van der Waals surface area (Å²) in [7, 11) is -2.92. The van der Waals surface area contributed by atoms with Gasteiger partial charge >= 0.3 is 5.97 Å². The molecule has 8 heteroatoms. The van der Waals surface area contributed by atoms with E-state index in [0.29, 0.717) is 12.8 Å². The van der Waals surface area contributed by atoms with Gasteiger partial charge in [0.2, 0.25) is 0 Å². The summed E-state index contributed by atoms with van der Waals surface area (Å²) in [5.74, 6) is 2.12. The number of rotatable bonds is 7. The number of ether oxygens (including phenoxy) is 2. The van der Waals surface area contributed by atoms with Gasteiger partial charge in [-0.25, -0.2) is 8.42 Å². The molecule has 0 saturated carbocycles. The van der Waals surface area contributed by atoms with Crippen LogP contribution in [0.3, 0.4) is 0 Å². The minimum atomic E-state index is -2.92. The first-order chi connectivity index (χ1) is 19.2. The van der Waals surface area contributed by atoms with Crippen LogP contribution in [-0.4, -0.2) is 42.9 Å². The number of fused-ring (bicyclic) bond motifs is 2. The number of aliphatic carboxylic acids is 1. The fourth-order valence-electron chi connectivity index (χ4n) is 6.44. The summed E-state index contributed by atoms with van der Waals surface area (Å²) in [4.78, 5) is 12.3. The molecule has 210 valence electrons. The third-order valence-corrected chi connectivity index (χ3v) is 11.3. The molecule has 1 N–H and O–H groups in total. The molecule has 1 unspecified atom stereocenters. The van der Waals surface area contributed by atoms with E-state index in [1.165, 1.54) is 22.3 Å². The molecule has 2 aliphatic heterocycles. The average molecular weight is 579 g/mol. The minimum absolute atomic E-state index is 0.0278. The normalized spacial score (nSPS) is 21.6. The number of aryl methyl sites for hydroxylation is 2. The van der Waals surface area contributed by atoms with Crippen molar-refractivity contribution in [1.82, 2.24) is 0 Å². The monoisotopic (exact) mass is 578 g/mol. The van der Waals surface area contributed by atoms with Gasteiger partial charge in [-0.05, 0) is 103 Å². The van der Waals surface area contributed by atoms with E-state index in [2.05, 4.69) is 50.2 Å². The minimum Gasteiger partial charge on any atom is -0.490 e. The summed E-state index contributed by atoms with van der Waals surface area (Å²) < 4.78 is 36.3. The predicted octanol–water partition coefficient (Wildman–Crippen LogP) is 6.66. The van der Waals surface area contributed by atoms with Gasteiger partial charge in [-0.3, -0.25) is 4.79 Å². The highest BCUT2D eigenvalue weighted by Crippen LogP contribution is 2.46. The molecule has 1 saturated heterocycles. The third kappa shape index (κ3) is 5.48. The molecule has 0 aromatic heterocycles. The van der Waals surface area contributed by atoms with Crippen LogP contribution in [0.25, 0.3) is 11.1 Å². The van der Waals surface area contributed by atoms with Crippen LogP contribution in [0.15, 0.2) is 53.4 Å². The van der Waals surface area contributed by atoms with E-state index >= 15 is 0 Å². The molecule has 3 aromatic carbocycles. The van der Waals surface area contributed by atoms with E-state index in [9.17, 15) is 18.3 Å². The summed E-state index contributed by atoms with van der Waals surface area (Å²) in [6, 6.07) is 16.7. The van der Waals surface area contributed by atoms with Crippen molar-refractivity contribution in [1.29, 1.82) is 0 Å². The standard InChI is InChI=1S/C32H34O6S2/c1-19-14-24(37-22-10-12-40(35,36)13-11-22)15-20(2)32(19)28-5-3-4-27-26(28)8-9-29(27)38-23-6-7-25-21(16-31(33)34)18-39-30(25)17-23/h3-7,14-15,17,21-22,29H,8-13,16,18H2,1-2H3,(H,33,34)/t21-,29?/m1/s1. The molecule has 3 aliphatic rings. The fraction of sp³-hybridized carbons (Fsp3) is 0.406. The molecule has 6 nitrogen and oxygen atoms in total. The Labute approximate surface area is 240 Å². The molecule has 40 heavy (non-hydrogen) atoms. The lowest BCUT2D eigenvalue weighted by Gasteiger charge is -2.24. The Hall–Kier alpha value is -2.97. The van der Waals surface area contributed by atoms with Gasteiger partial charge in [0, 0.05) is 16.6 Å². The maximum atomic E-state index is 11.8. The van der Waals surface area contributed by atoms with Crippen molar-refractivity contribution >= 4 is 27.6 Å². The zero-order chi connectivity index (χ0) is 28.0. The van der Waals surface area contributed by atoms with Gasteiger partial charge < -0.3 is 14.6 Å². The van der Waals surface area contributed by atoms with Gasteiger partial charge in [0.05, 0.1) is 17.9 Å². The highest BCUT2D eigenvalue weighted by atomic mass is 32.2. The maximum absolute atomic E-state index is 11.8. The van der Waals surface area contributed by atoms with Gasteiger partial charge in [0.15, 0.2) is 9.84 Å². The SMILES string of the molecule is Cc1cc(OC2CCS(=O)(=O)CC2)cc(C)c1-c1cccc2c1CCC2Oc1ccc2c(c1)SC[C@H]2CC(=O)O.